The topological polar surface area (TPSA) is 65.8 Å². The van der Waals surface area contributed by atoms with Crippen molar-refractivity contribution in [3.05, 3.63) is 39.9 Å². The molecular weight excluding hydrogens is 385 g/mol. The van der Waals surface area contributed by atoms with E-state index in [4.69, 9.17) is 0 Å². The maximum absolute atomic E-state index is 15.0. The van der Waals surface area contributed by atoms with Crippen molar-refractivity contribution < 1.29 is 14.3 Å². The summed E-state index contributed by atoms with van der Waals surface area (Å²) in [5, 5.41) is 9.50. The second kappa shape index (κ2) is 6.74. The van der Waals surface area contributed by atoms with E-state index in [1.807, 2.05) is 4.57 Å². The summed E-state index contributed by atoms with van der Waals surface area (Å²) in [5.74, 6) is -1.72. The van der Waals surface area contributed by atoms with Crippen LogP contribution in [0, 0.1) is 5.82 Å². The van der Waals surface area contributed by atoms with E-state index in [0.717, 1.165) is 38.8 Å². The van der Waals surface area contributed by atoms with Crippen LogP contribution in [0.2, 0.25) is 0 Å². The molecule has 0 amide bonds. The van der Waals surface area contributed by atoms with E-state index in [1.165, 1.54) is 12.3 Å². The highest BCUT2D eigenvalue weighted by molar-refractivity contribution is 5.93. The van der Waals surface area contributed by atoms with E-state index in [2.05, 4.69) is 16.8 Å². The first-order valence-corrected chi connectivity index (χ1v) is 9.52. The quantitative estimate of drug-likeness (QED) is 0.847. The summed E-state index contributed by atoms with van der Waals surface area (Å²) in [4.78, 5) is 28.5. The Bertz CT molecular complexity index is 1010. The van der Waals surface area contributed by atoms with E-state index < -0.39 is 17.2 Å². The minimum absolute atomic E-state index is 0. The van der Waals surface area contributed by atoms with Gasteiger partial charge in [0.05, 0.1) is 11.2 Å². The average molecular weight is 408 g/mol. The predicted octanol–water partition coefficient (Wildman–Crippen LogP) is 2.88. The van der Waals surface area contributed by atoms with Crippen LogP contribution in [0.1, 0.15) is 42.1 Å². The van der Waals surface area contributed by atoms with Crippen LogP contribution in [0.25, 0.3) is 10.9 Å². The maximum Gasteiger partial charge on any atom is 0.341 e. The number of aromatic nitrogens is 1. The van der Waals surface area contributed by atoms with Crippen molar-refractivity contribution in [3.8, 4) is 0 Å². The van der Waals surface area contributed by atoms with Crippen molar-refractivity contribution in [1.82, 2.24) is 9.47 Å². The Morgan fingerprint density at radius 3 is 2.29 bits per heavy atom. The number of carboxylic acids is 1. The summed E-state index contributed by atoms with van der Waals surface area (Å²) in [7, 11) is 2.13. The zero-order chi connectivity index (χ0) is 18.9. The van der Waals surface area contributed by atoms with Gasteiger partial charge in [-0.05, 0) is 44.9 Å². The number of likely N-dealkylation sites (N-methyl/N-ethyl adjacent to an activating group) is 1. The van der Waals surface area contributed by atoms with Crippen LogP contribution in [0.15, 0.2) is 23.1 Å². The number of carboxylic acid groups (broad SMARTS) is 1. The van der Waals surface area contributed by atoms with E-state index in [9.17, 15) is 19.1 Å². The molecule has 3 heterocycles. The van der Waals surface area contributed by atoms with Crippen LogP contribution in [0.5, 0.6) is 0 Å². The summed E-state index contributed by atoms with van der Waals surface area (Å²) in [6, 6.07) is 4.03. The van der Waals surface area contributed by atoms with Gasteiger partial charge in [-0.25, -0.2) is 9.18 Å². The highest BCUT2D eigenvalue weighted by Crippen LogP contribution is 2.39. The molecule has 3 fully saturated rings. The van der Waals surface area contributed by atoms with Crippen molar-refractivity contribution in [2.24, 2.45) is 0 Å². The van der Waals surface area contributed by atoms with Gasteiger partial charge in [0.1, 0.15) is 11.4 Å². The van der Waals surface area contributed by atoms with Crippen LogP contribution in [0.3, 0.4) is 0 Å². The van der Waals surface area contributed by atoms with E-state index in [0.29, 0.717) is 23.3 Å². The molecule has 150 valence electrons. The highest BCUT2D eigenvalue weighted by Gasteiger charge is 2.38. The number of hydrogen-bond donors (Lipinski definition) is 1. The molecule has 1 aromatic heterocycles. The number of benzene rings is 1. The number of pyridine rings is 1. The molecular formula is C20H23ClFN3O3. The Morgan fingerprint density at radius 1 is 1.11 bits per heavy atom. The lowest BCUT2D eigenvalue weighted by Gasteiger charge is -2.40. The summed E-state index contributed by atoms with van der Waals surface area (Å²) < 4.78 is 16.8. The molecule has 2 unspecified atom stereocenters. The molecule has 2 aliphatic heterocycles. The van der Waals surface area contributed by atoms with Crippen molar-refractivity contribution in [2.75, 3.05) is 25.0 Å². The van der Waals surface area contributed by atoms with Gasteiger partial charge in [-0.15, -0.1) is 12.4 Å². The molecule has 2 atom stereocenters. The number of nitrogens with zero attached hydrogens (tertiary/aromatic N) is 3. The lowest BCUT2D eigenvalue weighted by Crippen LogP contribution is -2.52. The van der Waals surface area contributed by atoms with E-state index >= 15 is 0 Å². The molecule has 8 heteroatoms. The number of carbonyl (C=O) groups is 1. The summed E-state index contributed by atoms with van der Waals surface area (Å²) in [5.41, 5.74) is 0.247. The molecule has 0 spiro atoms. The first-order valence-electron chi connectivity index (χ1n) is 9.52. The molecule has 2 bridgehead atoms. The van der Waals surface area contributed by atoms with E-state index in [1.54, 1.807) is 6.07 Å². The van der Waals surface area contributed by atoms with Gasteiger partial charge in [-0.2, -0.15) is 0 Å². The Labute approximate surface area is 167 Å². The minimum atomic E-state index is -1.27. The Morgan fingerprint density at radius 2 is 1.71 bits per heavy atom. The minimum Gasteiger partial charge on any atom is -0.477 e. The van der Waals surface area contributed by atoms with Gasteiger partial charge in [-0.1, -0.05) is 0 Å². The zero-order valence-corrected chi connectivity index (χ0v) is 16.4. The van der Waals surface area contributed by atoms with Gasteiger partial charge in [0.15, 0.2) is 0 Å². The van der Waals surface area contributed by atoms with Crippen LogP contribution < -0.4 is 10.3 Å². The average Bonchev–Trinajstić information content (AvgIpc) is 3.44. The van der Waals surface area contributed by atoms with E-state index in [-0.39, 0.29) is 29.4 Å². The van der Waals surface area contributed by atoms with Gasteiger partial charge in [0, 0.05) is 42.8 Å². The zero-order valence-electron chi connectivity index (χ0n) is 15.6. The van der Waals surface area contributed by atoms with Crippen LogP contribution in [-0.4, -0.2) is 52.8 Å². The van der Waals surface area contributed by atoms with Crippen molar-refractivity contribution >= 4 is 35.0 Å². The standard InChI is InChI=1S/C20H22FN3O3.ClH/c1-22-12-4-5-13(22)9-23(8-12)18-7-17-14(6-16(18)21)19(25)15(20(26)27)10-24(17)11-2-3-11;/h6-7,10-13H,2-5,8-9H2,1H3,(H,26,27);1H. The fraction of sp³-hybridized carbons (Fsp3) is 0.500. The number of fused-ring (bicyclic) bond motifs is 3. The Balaban J connectivity index is 0.00000192. The molecule has 1 saturated carbocycles. The van der Waals surface area contributed by atoms with Crippen molar-refractivity contribution in [2.45, 2.75) is 43.8 Å². The largest absolute Gasteiger partial charge is 0.477 e. The van der Waals surface area contributed by atoms with Crippen LogP contribution >= 0.6 is 12.4 Å². The number of piperazine rings is 1. The molecule has 2 saturated heterocycles. The summed E-state index contributed by atoms with van der Waals surface area (Å²) in [6.07, 6.45) is 5.58. The fourth-order valence-electron chi connectivity index (χ4n) is 4.72. The SMILES string of the molecule is CN1C2CCC1CN(c1cc3c(cc1F)c(=O)c(C(=O)O)cn3C1CC1)C2.Cl. The molecule has 1 N–H and O–H groups in total. The second-order valence-corrected chi connectivity index (χ2v) is 8.09. The molecule has 0 radical (unpaired) electrons. The molecule has 5 rings (SSSR count). The predicted molar refractivity (Wildman–Crippen MR) is 107 cm³/mol. The highest BCUT2D eigenvalue weighted by atomic mass is 35.5. The number of hydrogen-bond acceptors (Lipinski definition) is 4. The van der Waals surface area contributed by atoms with Crippen LogP contribution in [-0.2, 0) is 0 Å². The monoisotopic (exact) mass is 407 g/mol. The van der Waals surface area contributed by atoms with Gasteiger partial charge < -0.3 is 14.6 Å². The Kier molecular flexibility index (Phi) is 4.62. The van der Waals surface area contributed by atoms with Gasteiger partial charge in [-0.3, -0.25) is 9.69 Å². The van der Waals surface area contributed by atoms with Crippen molar-refractivity contribution in [3.63, 3.8) is 0 Å². The lowest BCUT2D eigenvalue weighted by molar-refractivity contribution is 0.0695. The first kappa shape index (κ1) is 19.2. The second-order valence-electron chi connectivity index (χ2n) is 8.09. The van der Waals surface area contributed by atoms with Crippen molar-refractivity contribution in [1.29, 1.82) is 0 Å². The molecule has 1 aliphatic carbocycles. The molecule has 3 aliphatic rings. The van der Waals surface area contributed by atoms with Gasteiger partial charge >= 0.3 is 5.97 Å². The smallest absolute Gasteiger partial charge is 0.341 e. The molecule has 28 heavy (non-hydrogen) atoms. The fourth-order valence-corrected chi connectivity index (χ4v) is 4.72. The lowest BCUT2D eigenvalue weighted by atomic mass is 10.1. The normalized spacial score (nSPS) is 24.4. The summed E-state index contributed by atoms with van der Waals surface area (Å²) in [6.45, 7) is 1.55. The Hall–Kier alpha value is -2.12. The number of halogens is 2. The molecule has 2 aromatic rings. The van der Waals surface area contributed by atoms with Gasteiger partial charge in [0.25, 0.3) is 0 Å². The third-order valence-electron chi connectivity index (χ3n) is 6.46. The summed E-state index contributed by atoms with van der Waals surface area (Å²) >= 11 is 0. The number of rotatable bonds is 3. The molecule has 1 aromatic carbocycles. The van der Waals surface area contributed by atoms with Gasteiger partial charge in [0.2, 0.25) is 5.43 Å². The van der Waals surface area contributed by atoms with Crippen LogP contribution in [0.4, 0.5) is 10.1 Å². The third kappa shape index (κ3) is 2.88. The first-order chi connectivity index (χ1) is 12.9. The molecule has 6 nitrogen and oxygen atoms in total. The number of aromatic carboxylic acids is 1. The third-order valence-corrected chi connectivity index (χ3v) is 6.46. The maximum atomic E-state index is 15.0. The number of anilines is 1.